The number of thiazole rings is 1. The van der Waals surface area contributed by atoms with Crippen molar-refractivity contribution in [1.29, 1.82) is 0 Å². The van der Waals surface area contributed by atoms with Crippen molar-refractivity contribution >= 4 is 33.2 Å². The predicted molar refractivity (Wildman–Crippen MR) is 121 cm³/mol. The normalized spacial score (nSPS) is 18.2. The Morgan fingerprint density at radius 2 is 1.90 bits per heavy atom. The third-order valence-electron chi connectivity index (χ3n) is 5.66. The number of carbonyl (C=O) groups is 2. The van der Waals surface area contributed by atoms with Crippen molar-refractivity contribution in [3.05, 3.63) is 65.2 Å². The fourth-order valence-electron chi connectivity index (χ4n) is 4.06. The number of hydrogen-bond donors (Lipinski definition) is 1. The molecular formula is C24H27N3O2S. The molecule has 30 heavy (non-hydrogen) atoms. The standard InChI is InChI=1S/C24H27N3O2S/c1-17(28)20(15-18-9-3-2-4-10-18)25-23(29)16-27-14-8-7-12-21(27)24-26-19-11-5-6-13-22(19)30-24/h2-6,9-11,13,20-21H,7-8,12,14-16H2,1H3,(H,25,29)/t20-,21-/m0/s1. The van der Waals surface area contributed by atoms with Gasteiger partial charge in [-0.15, -0.1) is 11.3 Å². The van der Waals surface area contributed by atoms with Gasteiger partial charge >= 0.3 is 0 Å². The van der Waals surface area contributed by atoms with E-state index in [4.69, 9.17) is 4.98 Å². The molecule has 1 amide bonds. The highest BCUT2D eigenvalue weighted by molar-refractivity contribution is 7.18. The fourth-order valence-corrected chi connectivity index (χ4v) is 5.20. The maximum Gasteiger partial charge on any atom is 0.234 e. The zero-order valence-corrected chi connectivity index (χ0v) is 18.0. The largest absolute Gasteiger partial charge is 0.345 e. The minimum absolute atomic E-state index is 0.0198. The van der Waals surface area contributed by atoms with Crippen molar-refractivity contribution < 1.29 is 9.59 Å². The molecule has 1 saturated heterocycles. The molecule has 2 heterocycles. The number of hydrogen-bond acceptors (Lipinski definition) is 5. The van der Waals surface area contributed by atoms with E-state index in [-0.39, 0.29) is 17.7 Å². The second-order valence-corrected chi connectivity index (χ2v) is 8.98. The van der Waals surface area contributed by atoms with E-state index in [2.05, 4.69) is 16.3 Å². The first-order valence-corrected chi connectivity index (χ1v) is 11.3. The van der Waals surface area contributed by atoms with Gasteiger partial charge in [-0.05, 0) is 50.4 Å². The zero-order valence-electron chi connectivity index (χ0n) is 17.2. The number of likely N-dealkylation sites (tertiary alicyclic amines) is 1. The van der Waals surface area contributed by atoms with Crippen LogP contribution in [-0.2, 0) is 16.0 Å². The minimum atomic E-state index is -0.495. The van der Waals surface area contributed by atoms with Gasteiger partial charge in [0.05, 0.1) is 28.8 Å². The summed E-state index contributed by atoms with van der Waals surface area (Å²) in [6.45, 7) is 2.70. The summed E-state index contributed by atoms with van der Waals surface area (Å²) in [5.41, 5.74) is 2.07. The van der Waals surface area contributed by atoms with E-state index in [1.807, 2.05) is 48.5 Å². The van der Waals surface area contributed by atoms with E-state index in [0.717, 1.165) is 41.9 Å². The summed E-state index contributed by atoms with van der Waals surface area (Å²) in [5, 5.41) is 4.04. The molecule has 2 atom stereocenters. The number of nitrogens with one attached hydrogen (secondary N) is 1. The summed E-state index contributed by atoms with van der Waals surface area (Å²) < 4.78 is 1.18. The van der Waals surface area contributed by atoms with Gasteiger partial charge in [0.1, 0.15) is 5.01 Å². The quantitative estimate of drug-likeness (QED) is 0.623. The molecule has 4 rings (SSSR count). The summed E-state index contributed by atoms with van der Waals surface area (Å²) in [7, 11) is 0. The molecule has 1 N–H and O–H groups in total. The van der Waals surface area contributed by atoms with Crippen LogP contribution < -0.4 is 5.32 Å². The number of piperidine rings is 1. The van der Waals surface area contributed by atoms with Gasteiger partial charge in [-0.2, -0.15) is 0 Å². The number of para-hydroxylation sites is 1. The average Bonchev–Trinajstić information content (AvgIpc) is 3.18. The van der Waals surface area contributed by atoms with Crippen LogP contribution in [0, 0.1) is 0 Å². The van der Waals surface area contributed by atoms with E-state index in [1.54, 1.807) is 18.3 Å². The molecule has 2 aromatic carbocycles. The van der Waals surface area contributed by atoms with Gasteiger partial charge in [-0.1, -0.05) is 48.9 Å². The van der Waals surface area contributed by atoms with E-state index in [0.29, 0.717) is 13.0 Å². The molecule has 0 radical (unpaired) electrons. The lowest BCUT2D eigenvalue weighted by Gasteiger charge is -2.34. The van der Waals surface area contributed by atoms with Crippen LogP contribution in [0.25, 0.3) is 10.2 Å². The van der Waals surface area contributed by atoms with Gasteiger partial charge in [0.2, 0.25) is 5.91 Å². The molecule has 5 nitrogen and oxygen atoms in total. The molecule has 1 aliphatic rings. The van der Waals surface area contributed by atoms with Gasteiger partial charge in [0.15, 0.2) is 5.78 Å². The first kappa shape index (κ1) is 20.7. The number of ketones is 1. The molecular weight excluding hydrogens is 394 g/mol. The monoisotopic (exact) mass is 421 g/mol. The lowest BCUT2D eigenvalue weighted by molar-refractivity contribution is -0.128. The van der Waals surface area contributed by atoms with Crippen LogP contribution in [-0.4, -0.2) is 40.7 Å². The lowest BCUT2D eigenvalue weighted by atomic mass is 10.0. The number of benzene rings is 2. The van der Waals surface area contributed by atoms with Crippen molar-refractivity contribution in [2.45, 2.75) is 44.7 Å². The second kappa shape index (κ2) is 9.49. The molecule has 0 spiro atoms. The summed E-state index contributed by atoms with van der Waals surface area (Å²) in [6.07, 6.45) is 3.74. The Labute approximate surface area is 181 Å². The Morgan fingerprint density at radius 1 is 1.13 bits per heavy atom. The smallest absolute Gasteiger partial charge is 0.234 e. The average molecular weight is 422 g/mol. The summed E-state index contributed by atoms with van der Waals surface area (Å²) >= 11 is 1.72. The highest BCUT2D eigenvalue weighted by Gasteiger charge is 2.29. The van der Waals surface area contributed by atoms with Crippen LogP contribution in [0.4, 0.5) is 0 Å². The van der Waals surface area contributed by atoms with Gasteiger partial charge < -0.3 is 5.32 Å². The molecule has 3 aromatic rings. The number of carbonyl (C=O) groups excluding carboxylic acids is 2. The van der Waals surface area contributed by atoms with Crippen LogP contribution in [0.2, 0.25) is 0 Å². The van der Waals surface area contributed by atoms with Crippen LogP contribution in [0.1, 0.15) is 42.8 Å². The summed E-state index contributed by atoms with van der Waals surface area (Å²) in [6, 6.07) is 17.6. The van der Waals surface area contributed by atoms with Gasteiger partial charge in [-0.25, -0.2) is 4.98 Å². The molecule has 6 heteroatoms. The Morgan fingerprint density at radius 3 is 2.67 bits per heavy atom. The second-order valence-electron chi connectivity index (χ2n) is 7.92. The van der Waals surface area contributed by atoms with Gasteiger partial charge in [-0.3, -0.25) is 14.5 Å². The Bertz CT molecular complexity index is 984. The zero-order chi connectivity index (χ0) is 20.9. The van der Waals surface area contributed by atoms with E-state index in [9.17, 15) is 9.59 Å². The number of nitrogens with zero attached hydrogens (tertiary/aromatic N) is 2. The Balaban J connectivity index is 1.44. The first-order chi connectivity index (χ1) is 14.6. The molecule has 156 valence electrons. The first-order valence-electron chi connectivity index (χ1n) is 10.5. The lowest BCUT2D eigenvalue weighted by Crippen LogP contribution is -2.47. The van der Waals surface area contributed by atoms with Crippen LogP contribution in [0.15, 0.2) is 54.6 Å². The third kappa shape index (κ3) is 4.94. The van der Waals surface area contributed by atoms with E-state index >= 15 is 0 Å². The van der Waals surface area contributed by atoms with Gasteiger partial charge in [0.25, 0.3) is 0 Å². The summed E-state index contributed by atoms with van der Waals surface area (Å²) in [4.78, 5) is 32.0. The van der Waals surface area contributed by atoms with Gasteiger partial charge in [0, 0.05) is 0 Å². The van der Waals surface area contributed by atoms with Crippen molar-refractivity contribution in [3.8, 4) is 0 Å². The molecule has 1 fully saturated rings. The maximum atomic E-state index is 12.8. The predicted octanol–water partition coefficient (Wildman–Crippen LogP) is 4.14. The molecule has 0 bridgehead atoms. The highest BCUT2D eigenvalue weighted by atomic mass is 32.1. The molecule has 0 unspecified atom stereocenters. The Kier molecular flexibility index (Phi) is 6.55. The summed E-state index contributed by atoms with van der Waals surface area (Å²) in [5.74, 6) is -0.118. The SMILES string of the molecule is CC(=O)[C@H](Cc1ccccc1)NC(=O)CN1CCCC[C@H]1c1nc2ccccc2s1. The van der Waals surface area contributed by atoms with Crippen molar-refractivity contribution in [2.24, 2.45) is 0 Å². The molecule has 1 aliphatic heterocycles. The fraction of sp³-hybridized carbons (Fsp3) is 0.375. The Hall–Kier alpha value is -2.57. The minimum Gasteiger partial charge on any atom is -0.345 e. The van der Waals surface area contributed by atoms with Crippen LogP contribution in [0.3, 0.4) is 0 Å². The molecule has 1 aromatic heterocycles. The van der Waals surface area contributed by atoms with E-state index < -0.39 is 6.04 Å². The van der Waals surface area contributed by atoms with E-state index in [1.165, 1.54) is 4.70 Å². The highest BCUT2D eigenvalue weighted by Crippen LogP contribution is 2.35. The number of fused-ring (bicyclic) bond motifs is 1. The van der Waals surface area contributed by atoms with Crippen LogP contribution >= 0.6 is 11.3 Å². The van der Waals surface area contributed by atoms with Crippen LogP contribution in [0.5, 0.6) is 0 Å². The topological polar surface area (TPSA) is 62.3 Å². The number of rotatable bonds is 7. The van der Waals surface area contributed by atoms with Crippen molar-refractivity contribution in [2.75, 3.05) is 13.1 Å². The number of aromatic nitrogens is 1. The van der Waals surface area contributed by atoms with Crippen molar-refractivity contribution in [3.63, 3.8) is 0 Å². The number of amides is 1. The van der Waals surface area contributed by atoms with Crippen molar-refractivity contribution in [1.82, 2.24) is 15.2 Å². The molecule has 0 aliphatic carbocycles. The third-order valence-corrected chi connectivity index (χ3v) is 6.80. The maximum absolute atomic E-state index is 12.8. The molecule has 0 saturated carbocycles. The number of Topliss-reactive ketones (excluding diaryl/α,β-unsaturated/α-hetero) is 1.